The number of hydrogen-bond donors (Lipinski definition) is 1. The lowest BCUT2D eigenvalue weighted by molar-refractivity contribution is -0.106. The highest BCUT2D eigenvalue weighted by molar-refractivity contribution is 5.75. The molecule has 2 fully saturated rings. The van der Waals surface area contributed by atoms with E-state index in [9.17, 15) is 9.70 Å². The molecule has 0 amide bonds. The third-order valence-corrected chi connectivity index (χ3v) is 6.45. The standard InChI is InChI=1S/C24H32N6O3/c25-22-21(28-32)23(27-24(26-22)33-17-18-6-1-2-7-18)30(12-13-31)16-20-9-5-8-19(14-20)15-29-10-3-4-11-29/h5,8-9,13-14,18H,1-4,6-7,10-12,15-17H2,(H2,25,26,27). The number of anilines is 2. The topological polar surface area (TPSA) is 114 Å². The smallest absolute Gasteiger partial charge is 0.320 e. The fourth-order valence-corrected chi connectivity index (χ4v) is 4.74. The lowest BCUT2D eigenvalue weighted by atomic mass is 10.1. The number of nitrogens with zero attached hydrogens (tertiary/aromatic N) is 5. The predicted octanol–water partition coefficient (Wildman–Crippen LogP) is 3.83. The Labute approximate surface area is 194 Å². The number of nitrogen functional groups attached to an aromatic ring is 1. The van der Waals surface area contributed by atoms with Crippen molar-refractivity contribution < 1.29 is 9.53 Å². The van der Waals surface area contributed by atoms with Crippen LogP contribution in [0.25, 0.3) is 0 Å². The first kappa shape index (κ1) is 23.1. The van der Waals surface area contributed by atoms with Gasteiger partial charge in [0.25, 0.3) is 0 Å². The summed E-state index contributed by atoms with van der Waals surface area (Å²) in [6, 6.07) is 8.37. The number of hydrogen-bond acceptors (Lipinski definition) is 9. The SMILES string of the molecule is Nc1nc(OCC2CCCC2)nc(N(CC=O)Cc2cccc(CN3CCCC3)c2)c1N=O. The number of carbonyl (C=O) groups excluding carboxylic acids is 1. The van der Waals surface area contributed by atoms with E-state index < -0.39 is 0 Å². The monoisotopic (exact) mass is 452 g/mol. The first-order valence-electron chi connectivity index (χ1n) is 11.8. The van der Waals surface area contributed by atoms with Gasteiger partial charge in [0.15, 0.2) is 17.3 Å². The molecule has 2 aliphatic rings. The molecule has 176 valence electrons. The number of aromatic nitrogens is 2. The van der Waals surface area contributed by atoms with Crippen LogP contribution in [0.5, 0.6) is 6.01 Å². The fraction of sp³-hybridized carbons (Fsp3) is 0.542. The van der Waals surface area contributed by atoms with E-state index in [0.29, 0.717) is 19.1 Å². The second-order valence-electron chi connectivity index (χ2n) is 8.97. The molecule has 0 atom stereocenters. The van der Waals surface area contributed by atoms with Crippen molar-refractivity contribution in [3.63, 3.8) is 0 Å². The molecule has 2 N–H and O–H groups in total. The molecular formula is C24H32N6O3. The minimum absolute atomic E-state index is 0.0391. The van der Waals surface area contributed by atoms with Gasteiger partial charge in [0.2, 0.25) is 0 Å². The zero-order chi connectivity index (χ0) is 23.0. The average Bonchev–Trinajstić information content (AvgIpc) is 3.52. The highest BCUT2D eigenvalue weighted by Crippen LogP contribution is 2.34. The Morgan fingerprint density at radius 3 is 2.64 bits per heavy atom. The minimum atomic E-state index is -0.0710. The highest BCUT2D eigenvalue weighted by Gasteiger charge is 2.22. The summed E-state index contributed by atoms with van der Waals surface area (Å²) in [4.78, 5) is 35.7. The van der Waals surface area contributed by atoms with Crippen LogP contribution in [0.4, 0.5) is 17.3 Å². The van der Waals surface area contributed by atoms with Gasteiger partial charge in [-0.15, -0.1) is 4.91 Å². The number of nitrogens with two attached hydrogens (primary N) is 1. The fourth-order valence-electron chi connectivity index (χ4n) is 4.74. The summed E-state index contributed by atoms with van der Waals surface area (Å²) in [7, 11) is 0. The number of likely N-dealkylation sites (tertiary alicyclic amines) is 1. The van der Waals surface area contributed by atoms with Crippen LogP contribution in [-0.2, 0) is 17.9 Å². The van der Waals surface area contributed by atoms with Crippen LogP contribution in [0.3, 0.4) is 0 Å². The quantitative estimate of drug-likeness (QED) is 0.404. The maximum atomic E-state index is 11.6. The molecule has 1 aromatic carbocycles. The van der Waals surface area contributed by atoms with Crippen LogP contribution in [0, 0.1) is 10.8 Å². The Morgan fingerprint density at radius 2 is 1.91 bits per heavy atom. The maximum Gasteiger partial charge on any atom is 0.320 e. The molecule has 9 heteroatoms. The minimum Gasteiger partial charge on any atom is -0.463 e. The van der Waals surface area contributed by atoms with E-state index in [-0.39, 0.29) is 29.9 Å². The Kier molecular flexibility index (Phi) is 7.83. The molecule has 0 spiro atoms. The van der Waals surface area contributed by atoms with E-state index in [1.54, 1.807) is 4.90 Å². The second kappa shape index (κ2) is 11.2. The van der Waals surface area contributed by atoms with Gasteiger partial charge in [-0.05, 0) is 61.0 Å². The van der Waals surface area contributed by atoms with Crippen molar-refractivity contribution in [2.75, 3.05) is 36.9 Å². The number of ether oxygens (including phenoxy) is 1. The van der Waals surface area contributed by atoms with E-state index in [4.69, 9.17) is 10.5 Å². The maximum absolute atomic E-state index is 11.6. The van der Waals surface area contributed by atoms with E-state index >= 15 is 0 Å². The molecule has 0 radical (unpaired) electrons. The van der Waals surface area contributed by atoms with Gasteiger partial charge in [-0.25, -0.2) is 0 Å². The van der Waals surface area contributed by atoms with E-state index in [2.05, 4.69) is 32.2 Å². The first-order valence-corrected chi connectivity index (χ1v) is 11.8. The molecule has 1 aliphatic heterocycles. The van der Waals surface area contributed by atoms with Gasteiger partial charge in [0.1, 0.15) is 6.29 Å². The lowest BCUT2D eigenvalue weighted by Gasteiger charge is -2.23. The number of benzene rings is 1. The van der Waals surface area contributed by atoms with Crippen molar-refractivity contribution in [3.8, 4) is 6.01 Å². The van der Waals surface area contributed by atoms with Gasteiger partial charge in [-0.1, -0.05) is 37.1 Å². The summed E-state index contributed by atoms with van der Waals surface area (Å²) in [6.07, 6.45) is 7.94. The summed E-state index contributed by atoms with van der Waals surface area (Å²) in [5, 5.41) is 3.06. The Balaban J connectivity index is 1.54. The van der Waals surface area contributed by atoms with Crippen LogP contribution in [0.2, 0.25) is 0 Å². The van der Waals surface area contributed by atoms with Gasteiger partial charge >= 0.3 is 6.01 Å². The molecule has 1 saturated heterocycles. The molecule has 1 saturated carbocycles. The molecule has 0 bridgehead atoms. The largest absolute Gasteiger partial charge is 0.463 e. The van der Waals surface area contributed by atoms with E-state index in [0.717, 1.165) is 44.3 Å². The van der Waals surface area contributed by atoms with Crippen molar-refractivity contribution in [1.82, 2.24) is 14.9 Å². The van der Waals surface area contributed by atoms with Crippen LogP contribution >= 0.6 is 0 Å². The van der Waals surface area contributed by atoms with Crippen molar-refractivity contribution in [2.45, 2.75) is 51.6 Å². The number of carbonyl (C=O) groups is 1. The molecule has 4 rings (SSSR count). The summed E-state index contributed by atoms with van der Waals surface area (Å²) in [5.74, 6) is 0.651. The van der Waals surface area contributed by atoms with Crippen LogP contribution < -0.4 is 15.4 Å². The van der Waals surface area contributed by atoms with Gasteiger partial charge in [0, 0.05) is 13.1 Å². The van der Waals surface area contributed by atoms with Crippen molar-refractivity contribution in [2.24, 2.45) is 11.1 Å². The first-order chi connectivity index (χ1) is 16.2. The van der Waals surface area contributed by atoms with E-state index in [1.165, 1.54) is 31.2 Å². The molecule has 9 nitrogen and oxygen atoms in total. The van der Waals surface area contributed by atoms with Gasteiger partial charge < -0.3 is 20.2 Å². The zero-order valence-electron chi connectivity index (χ0n) is 19.0. The summed E-state index contributed by atoms with van der Waals surface area (Å²) >= 11 is 0. The van der Waals surface area contributed by atoms with Gasteiger partial charge in [-0.2, -0.15) is 9.97 Å². The predicted molar refractivity (Wildman–Crippen MR) is 127 cm³/mol. The third-order valence-electron chi connectivity index (χ3n) is 6.45. The average molecular weight is 453 g/mol. The molecular weight excluding hydrogens is 420 g/mol. The molecule has 2 aromatic rings. The molecule has 33 heavy (non-hydrogen) atoms. The summed E-state index contributed by atoms with van der Waals surface area (Å²) < 4.78 is 5.82. The Bertz CT molecular complexity index is 957. The normalized spacial score (nSPS) is 16.7. The lowest BCUT2D eigenvalue weighted by Crippen LogP contribution is -2.27. The highest BCUT2D eigenvalue weighted by atomic mass is 16.5. The molecule has 1 aliphatic carbocycles. The van der Waals surface area contributed by atoms with Crippen LogP contribution in [0.15, 0.2) is 29.4 Å². The van der Waals surface area contributed by atoms with Crippen LogP contribution in [-0.4, -0.2) is 47.4 Å². The summed E-state index contributed by atoms with van der Waals surface area (Å²) in [5.41, 5.74) is 8.17. The number of nitroso groups, excluding NO2 is 1. The number of aldehydes is 1. The van der Waals surface area contributed by atoms with Crippen molar-refractivity contribution in [3.05, 3.63) is 40.3 Å². The molecule has 2 heterocycles. The molecule has 1 aromatic heterocycles. The van der Waals surface area contributed by atoms with Crippen molar-refractivity contribution in [1.29, 1.82) is 0 Å². The van der Waals surface area contributed by atoms with Crippen molar-refractivity contribution >= 4 is 23.6 Å². The van der Waals surface area contributed by atoms with Gasteiger partial charge in [-0.3, -0.25) is 4.90 Å². The van der Waals surface area contributed by atoms with Crippen LogP contribution in [0.1, 0.15) is 49.7 Å². The zero-order valence-corrected chi connectivity index (χ0v) is 19.0. The summed E-state index contributed by atoms with van der Waals surface area (Å²) in [6.45, 7) is 4.09. The van der Waals surface area contributed by atoms with Gasteiger partial charge in [0.05, 0.1) is 13.2 Å². The Hall–Kier alpha value is -3.07. The third kappa shape index (κ3) is 6.04. The molecule has 0 unspecified atom stereocenters. The second-order valence-corrected chi connectivity index (χ2v) is 8.97. The van der Waals surface area contributed by atoms with E-state index in [1.807, 2.05) is 12.1 Å². The Morgan fingerprint density at radius 1 is 1.15 bits per heavy atom. The number of rotatable bonds is 11.